The Morgan fingerprint density at radius 3 is 2.43 bits per heavy atom. The Balaban J connectivity index is 1.83. The highest BCUT2D eigenvalue weighted by atomic mass is 16.8. The Labute approximate surface area is 42.2 Å². The van der Waals surface area contributed by atoms with Gasteiger partial charge < -0.3 is 0 Å². The van der Waals surface area contributed by atoms with Gasteiger partial charge in [0.15, 0.2) is 0 Å². The molecule has 2 rings (SSSR count). The van der Waals surface area contributed by atoms with E-state index in [1.54, 1.807) is 0 Å². The van der Waals surface area contributed by atoms with Crippen molar-refractivity contribution in [2.75, 3.05) is 13.1 Å². The maximum atomic E-state index is 4.79. The maximum Gasteiger partial charge on any atom is 0.207 e. The lowest BCUT2D eigenvalue weighted by Gasteiger charge is -2.26. The number of nitrogens with zero attached hydrogens (tertiary/aromatic N) is 1. The molecule has 0 bridgehead atoms. The lowest BCUT2D eigenvalue weighted by atomic mass is 10.2. The van der Waals surface area contributed by atoms with E-state index in [0.29, 0.717) is 0 Å². The molecule has 0 amide bonds. The Hall–Kier alpha value is -0.120. The minimum atomic E-state index is 0.286. The van der Waals surface area contributed by atoms with Gasteiger partial charge in [-0.15, -0.1) is 0 Å². The van der Waals surface area contributed by atoms with Gasteiger partial charge in [0.1, 0.15) is 0 Å². The lowest BCUT2D eigenvalue weighted by molar-refractivity contribution is 0.109. The molecule has 0 aromatic heterocycles. The van der Waals surface area contributed by atoms with E-state index in [9.17, 15) is 0 Å². The predicted octanol–water partition coefficient (Wildman–Crippen LogP) is -0.490. The second-order valence-electron chi connectivity index (χ2n) is 1.98. The van der Waals surface area contributed by atoms with Gasteiger partial charge in [0.25, 0.3) is 0 Å². The fraction of sp³-hybridized carbons (Fsp3) is 1.00. The molecule has 2 saturated heterocycles. The fourth-order valence-corrected chi connectivity index (χ4v) is 0.755. The van der Waals surface area contributed by atoms with Gasteiger partial charge >= 0.3 is 0 Å². The van der Waals surface area contributed by atoms with Gasteiger partial charge in [-0.3, -0.25) is 9.74 Å². The van der Waals surface area contributed by atoms with Crippen molar-refractivity contribution >= 4 is 0 Å². The van der Waals surface area contributed by atoms with E-state index >= 15 is 0 Å². The number of hydrogen-bond donors (Lipinski definition) is 1. The monoisotopic (exact) mass is 100 g/mol. The standard InChI is InChI=1S/C4H8N2O/c1-2-6(3-1)4-5-7-4/h4-5H,1-3H2. The predicted molar refractivity (Wildman–Crippen MR) is 24.2 cm³/mol. The van der Waals surface area contributed by atoms with Crippen LogP contribution in [0.3, 0.4) is 0 Å². The molecule has 0 radical (unpaired) electrons. The topological polar surface area (TPSA) is 37.7 Å². The van der Waals surface area contributed by atoms with Crippen molar-refractivity contribution in [2.45, 2.75) is 12.8 Å². The van der Waals surface area contributed by atoms with Crippen LogP contribution < -0.4 is 5.48 Å². The van der Waals surface area contributed by atoms with Crippen LogP contribution >= 0.6 is 0 Å². The summed E-state index contributed by atoms with van der Waals surface area (Å²) in [5, 5.41) is 0. The van der Waals surface area contributed by atoms with Gasteiger partial charge in [0.05, 0.1) is 0 Å². The van der Waals surface area contributed by atoms with Crippen molar-refractivity contribution in [1.29, 1.82) is 0 Å². The van der Waals surface area contributed by atoms with Crippen LogP contribution in [0.15, 0.2) is 0 Å². The first-order valence-electron chi connectivity index (χ1n) is 2.62. The minimum absolute atomic E-state index is 0.286. The largest absolute Gasteiger partial charge is 0.262 e. The highest BCUT2D eigenvalue weighted by molar-refractivity contribution is 4.72. The second-order valence-corrected chi connectivity index (χ2v) is 1.98. The van der Waals surface area contributed by atoms with Gasteiger partial charge in [-0.1, -0.05) is 0 Å². The van der Waals surface area contributed by atoms with E-state index in [1.807, 2.05) is 0 Å². The molecule has 1 atom stereocenters. The third kappa shape index (κ3) is 0.534. The third-order valence-corrected chi connectivity index (χ3v) is 1.45. The van der Waals surface area contributed by atoms with Crippen molar-refractivity contribution < 1.29 is 4.84 Å². The molecular weight excluding hydrogens is 92.1 g/mol. The van der Waals surface area contributed by atoms with E-state index in [4.69, 9.17) is 4.84 Å². The minimum Gasteiger partial charge on any atom is -0.262 e. The van der Waals surface area contributed by atoms with E-state index in [1.165, 1.54) is 19.5 Å². The van der Waals surface area contributed by atoms with Crippen LogP contribution in [0.2, 0.25) is 0 Å². The molecule has 0 saturated carbocycles. The smallest absolute Gasteiger partial charge is 0.207 e. The highest BCUT2D eigenvalue weighted by Crippen LogP contribution is 2.15. The van der Waals surface area contributed by atoms with Crippen molar-refractivity contribution in [3.63, 3.8) is 0 Å². The van der Waals surface area contributed by atoms with Crippen LogP contribution in [-0.4, -0.2) is 24.3 Å². The van der Waals surface area contributed by atoms with Crippen molar-refractivity contribution in [2.24, 2.45) is 0 Å². The van der Waals surface area contributed by atoms with Crippen LogP contribution in [0.1, 0.15) is 6.42 Å². The summed E-state index contributed by atoms with van der Waals surface area (Å²) in [5.74, 6) is 0. The summed E-state index contributed by atoms with van der Waals surface area (Å²) in [6, 6.07) is 0. The molecule has 3 heteroatoms. The number of rotatable bonds is 1. The number of likely N-dealkylation sites (tertiary alicyclic amines) is 1. The summed E-state index contributed by atoms with van der Waals surface area (Å²) in [4.78, 5) is 7.04. The van der Waals surface area contributed by atoms with Crippen LogP contribution in [-0.2, 0) is 4.84 Å². The molecule has 0 aliphatic carbocycles. The third-order valence-electron chi connectivity index (χ3n) is 1.45. The molecule has 0 aromatic carbocycles. The molecule has 1 N–H and O–H groups in total. The SMILES string of the molecule is C1CN(C2NO2)C1. The summed E-state index contributed by atoms with van der Waals surface area (Å²) < 4.78 is 0. The molecule has 1 unspecified atom stereocenters. The molecule has 2 aliphatic rings. The lowest BCUT2D eigenvalue weighted by Crippen LogP contribution is -2.40. The van der Waals surface area contributed by atoms with Crippen molar-refractivity contribution in [3.05, 3.63) is 0 Å². The van der Waals surface area contributed by atoms with Gasteiger partial charge in [-0.25, -0.2) is 0 Å². The molecule has 0 aromatic rings. The first-order chi connectivity index (χ1) is 3.47. The van der Waals surface area contributed by atoms with E-state index < -0.39 is 0 Å². The van der Waals surface area contributed by atoms with Crippen molar-refractivity contribution in [3.8, 4) is 0 Å². The summed E-state index contributed by atoms with van der Waals surface area (Å²) in [6.07, 6.45) is 1.62. The zero-order valence-corrected chi connectivity index (χ0v) is 4.05. The summed E-state index contributed by atoms with van der Waals surface area (Å²) in [6.45, 7) is 2.41. The van der Waals surface area contributed by atoms with Crippen LogP contribution in [0, 0.1) is 0 Å². The first-order valence-corrected chi connectivity index (χ1v) is 2.62. The van der Waals surface area contributed by atoms with Crippen LogP contribution in [0.25, 0.3) is 0 Å². The van der Waals surface area contributed by atoms with Crippen LogP contribution in [0.5, 0.6) is 0 Å². The molecule has 2 heterocycles. The number of nitrogens with one attached hydrogen (secondary N) is 1. The summed E-state index contributed by atoms with van der Waals surface area (Å²) in [5.41, 5.74) is 2.76. The quantitative estimate of drug-likeness (QED) is 0.452. The molecule has 2 fully saturated rings. The molecule has 3 nitrogen and oxygen atoms in total. The highest BCUT2D eigenvalue weighted by Gasteiger charge is 2.33. The fourth-order valence-electron chi connectivity index (χ4n) is 0.755. The maximum absolute atomic E-state index is 4.79. The average Bonchev–Trinajstić information content (AvgIpc) is 2.10. The van der Waals surface area contributed by atoms with Gasteiger partial charge in [-0.2, -0.15) is 5.48 Å². The average molecular weight is 100 g/mol. The molecule has 40 valence electrons. The van der Waals surface area contributed by atoms with E-state index in [0.717, 1.165) is 0 Å². The molecular formula is C4H8N2O. The van der Waals surface area contributed by atoms with Gasteiger partial charge in [0, 0.05) is 13.1 Å². The van der Waals surface area contributed by atoms with Gasteiger partial charge in [0.2, 0.25) is 6.35 Å². The van der Waals surface area contributed by atoms with Crippen molar-refractivity contribution in [1.82, 2.24) is 10.4 Å². The summed E-state index contributed by atoms with van der Waals surface area (Å²) >= 11 is 0. The van der Waals surface area contributed by atoms with Gasteiger partial charge in [-0.05, 0) is 6.42 Å². The first kappa shape index (κ1) is 3.83. The van der Waals surface area contributed by atoms with E-state index in [-0.39, 0.29) is 6.35 Å². The number of hydroxylamine groups is 1. The molecule has 2 aliphatic heterocycles. The Morgan fingerprint density at radius 2 is 2.29 bits per heavy atom. The second kappa shape index (κ2) is 1.18. The zero-order chi connectivity index (χ0) is 4.69. The zero-order valence-electron chi connectivity index (χ0n) is 4.05. The molecule has 0 spiro atoms. The van der Waals surface area contributed by atoms with Crippen LogP contribution in [0.4, 0.5) is 0 Å². The Morgan fingerprint density at radius 1 is 1.57 bits per heavy atom. The summed E-state index contributed by atoms with van der Waals surface area (Å²) in [7, 11) is 0. The number of hydrogen-bond acceptors (Lipinski definition) is 3. The van der Waals surface area contributed by atoms with E-state index in [2.05, 4.69) is 10.4 Å². The Kier molecular flexibility index (Phi) is 0.647. The Bertz CT molecular complexity index is 77.8. The normalized spacial score (nSPS) is 40.3. The molecule has 7 heavy (non-hydrogen) atoms.